The topological polar surface area (TPSA) is 54.9 Å². The minimum atomic E-state index is -4.27. The van der Waals surface area contributed by atoms with Crippen LogP contribution in [0.1, 0.15) is 12.8 Å². The van der Waals surface area contributed by atoms with Crippen molar-refractivity contribution in [2.75, 3.05) is 40.0 Å². The van der Waals surface area contributed by atoms with Crippen LogP contribution in [0.25, 0.3) is 0 Å². The normalized spacial score (nSPS) is 12.1. The molecule has 0 aliphatic rings. The summed E-state index contributed by atoms with van der Waals surface area (Å²) in [6.45, 7) is 0.588. The van der Waals surface area contributed by atoms with Crippen molar-refractivity contribution in [3.63, 3.8) is 0 Å². The van der Waals surface area contributed by atoms with Crippen molar-refractivity contribution in [2.24, 2.45) is 4.99 Å². The zero-order chi connectivity index (χ0) is 17.7. The van der Waals surface area contributed by atoms with Gasteiger partial charge in [-0.2, -0.15) is 13.2 Å². The van der Waals surface area contributed by atoms with E-state index in [0.717, 1.165) is 12.2 Å². The summed E-state index contributed by atoms with van der Waals surface area (Å²) in [5.41, 5.74) is 0. The van der Waals surface area contributed by atoms with Gasteiger partial charge in [-0.15, -0.1) is 0 Å². The van der Waals surface area contributed by atoms with Crippen LogP contribution in [0.15, 0.2) is 35.3 Å². The molecule has 0 aromatic heterocycles. The van der Waals surface area contributed by atoms with Gasteiger partial charge in [0.05, 0.1) is 6.61 Å². The number of rotatable bonds is 10. The van der Waals surface area contributed by atoms with Gasteiger partial charge in [-0.05, 0) is 25.0 Å². The summed E-state index contributed by atoms with van der Waals surface area (Å²) in [5, 5.41) is 6.12. The van der Waals surface area contributed by atoms with Gasteiger partial charge in [0.1, 0.15) is 12.4 Å². The predicted molar refractivity (Wildman–Crippen MR) is 87.4 cm³/mol. The fourth-order valence-electron chi connectivity index (χ4n) is 1.78. The van der Waals surface area contributed by atoms with Crippen molar-refractivity contribution in [3.8, 4) is 5.75 Å². The number of alkyl halides is 3. The standard InChI is InChI=1S/C16H24F3N3O2/c1-20-15(21-9-5-11-23-13-16(17,18)19)22-10-6-12-24-14-7-3-2-4-8-14/h2-4,7-8H,5-6,9-13H2,1H3,(H2,20,21,22). The molecule has 0 atom stereocenters. The van der Waals surface area contributed by atoms with E-state index < -0.39 is 12.8 Å². The van der Waals surface area contributed by atoms with Crippen LogP contribution >= 0.6 is 0 Å². The lowest BCUT2D eigenvalue weighted by Crippen LogP contribution is -2.38. The van der Waals surface area contributed by atoms with E-state index >= 15 is 0 Å². The summed E-state index contributed by atoms with van der Waals surface area (Å²) >= 11 is 0. The van der Waals surface area contributed by atoms with E-state index in [1.54, 1.807) is 7.05 Å². The molecule has 24 heavy (non-hydrogen) atoms. The third-order valence-electron chi connectivity index (χ3n) is 2.87. The van der Waals surface area contributed by atoms with Crippen molar-refractivity contribution in [1.29, 1.82) is 0 Å². The molecule has 2 N–H and O–H groups in total. The Morgan fingerprint density at radius 2 is 1.67 bits per heavy atom. The summed E-state index contributed by atoms with van der Waals surface area (Å²) in [6, 6.07) is 9.55. The molecular weight excluding hydrogens is 323 g/mol. The van der Waals surface area contributed by atoms with E-state index in [0.29, 0.717) is 32.1 Å². The van der Waals surface area contributed by atoms with Gasteiger partial charge in [-0.25, -0.2) is 0 Å². The summed E-state index contributed by atoms with van der Waals surface area (Å²) in [4.78, 5) is 4.03. The first-order valence-corrected chi connectivity index (χ1v) is 7.78. The smallest absolute Gasteiger partial charge is 0.411 e. The number of ether oxygens (including phenoxy) is 2. The van der Waals surface area contributed by atoms with Gasteiger partial charge < -0.3 is 20.1 Å². The number of guanidine groups is 1. The fraction of sp³-hybridized carbons (Fsp3) is 0.562. The quantitative estimate of drug-likeness (QED) is 0.388. The minimum Gasteiger partial charge on any atom is -0.494 e. The van der Waals surface area contributed by atoms with E-state index in [-0.39, 0.29) is 6.61 Å². The molecule has 1 aromatic carbocycles. The van der Waals surface area contributed by atoms with Gasteiger partial charge in [-0.1, -0.05) is 18.2 Å². The molecule has 0 radical (unpaired) electrons. The van der Waals surface area contributed by atoms with Crippen LogP contribution in [0.4, 0.5) is 13.2 Å². The second-order valence-electron chi connectivity index (χ2n) is 4.96. The highest BCUT2D eigenvalue weighted by molar-refractivity contribution is 5.79. The Labute approximate surface area is 140 Å². The molecular formula is C16H24F3N3O2. The maximum atomic E-state index is 11.9. The highest BCUT2D eigenvalue weighted by Gasteiger charge is 2.27. The van der Waals surface area contributed by atoms with Crippen LogP contribution in [0.3, 0.4) is 0 Å². The van der Waals surface area contributed by atoms with Crippen LogP contribution in [-0.2, 0) is 4.74 Å². The number of nitrogens with one attached hydrogen (secondary N) is 2. The molecule has 1 aromatic rings. The van der Waals surface area contributed by atoms with Crippen molar-refractivity contribution in [1.82, 2.24) is 10.6 Å². The lowest BCUT2D eigenvalue weighted by Gasteiger charge is -2.12. The first-order valence-electron chi connectivity index (χ1n) is 7.78. The van der Waals surface area contributed by atoms with E-state index in [4.69, 9.17) is 4.74 Å². The number of hydrogen-bond donors (Lipinski definition) is 2. The highest BCUT2D eigenvalue weighted by atomic mass is 19.4. The lowest BCUT2D eigenvalue weighted by atomic mass is 10.3. The van der Waals surface area contributed by atoms with Crippen molar-refractivity contribution in [3.05, 3.63) is 30.3 Å². The number of benzene rings is 1. The maximum absolute atomic E-state index is 11.9. The van der Waals surface area contributed by atoms with Gasteiger partial charge in [0.15, 0.2) is 5.96 Å². The molecule has 0 spiro atoms. The van der Waals surface area contributed by atoms with E-state index in [9.17, 15) is 13.2 Å². The monoisotopic (exact) mass is 347 g/mol. The van der Waals surface area contributed by atoms with Crippen LogP contribution in [0, 0.1) is 0 Å². The van der Waals surface area contributed by atoms with E-state index in [1.165, 1.54) is 0 Å². The molecule has 8 heteroatoms. The van der Waals surface area contributed by atoms with Gasteiger partial charge in [-0.3, -0.25) is 4.99 Å². The van der Waals surface area contributed by atoms with Gasteiger partial charge >= 0.3 is 6.18 Å². The predicted octanol–water partition coefficient (Wildman–Crippen LogP) is 2.59. The third kappa shape index (κ3) is 10.7. The summed E-state index contributed by atoms with van der Waals surface area (Å²) in [5.74, 6) is 1.43. The number of aliphatic imine (C=N–C) groups is 1. The van der Waals surface area contributed by atoms with Gasteiger partial charge in [0, 0.05) is 26.7 Å². The van der Waals surface area contributed by atoms with Gasteiger partial charge in [0.2, 0.25) is 0 Å². The Hall–Kier alpha value is -1.96. The molecule has 1 rings (SSSR count). The SMILES string of the molecule is CN=C(NCCCOCC(F)(F)F)NCCCOc1ccccc1. The van der Waals surface area contributed by atoms with Crippen LogP contribution < -0.4 is 15.4 Å². The number of para-hydroxylation sites is 1. The van der Waals surface area contributed by atoms with E-state index in [1.807, 2.05) is 30.3 Å². The molecule has 0 fully saturated rings. The van der Waals surface area contributed by atoms with Crippen molar-refractivity contribution < 1.29 is 22.6 Å². The maximum Gasteiger partial charge on any atom is 0.411 e. The molecule has 0 amide bonds. The molecule has 0 bridgehead atoms. The molecule has 0 saturated heterocycles. The van der Waals surface area contributed by atoms with Crippen LogP contribution in [0.2, 0.25) is 0 Å². The van der Waals surface area contributed by atoms with Crippen LogP contribution in [0.5, 0.6) is 5.75 Å². The van der Waals surface area contributed by atoms with Gasteiger partial charge in [0.25, 0.3) is 0 Å². The Balaban J connectivity index is 2.00. The molecule has 0 heterocycles. The van der Waals surface area contributed by atoms with E-state index in [2.05, 4.69) is 20.4 Å². The van der Waals surface area contributed by atoms with Crippen molar-refractivity contribution in [2.45, 2.75) is 19.0 Å². The minimum absolute atomic E-state index is 0.0500. The summed E-state index contributed by atoms with van der Waals surface area (Å²) in [7, 11) is 1.63. The average molecular weight is 347 g/mol. The number of halogens is 3. The molecule has 0 unspecified atom stereocenters. The lowest BCUT2D eigenvalue weighted by molar-refractivity contribution is -0.173. The van der Waals surface area contributed by atoms with Crippen molar-refractivity contribution >= 4 is 5.96 Å². The Morgan fingerprint density at radius 1 is 1.04 bits per heavy atom. The summed E-state index contributed by atoms with van der Waals surface area (Å²) in [6.07, 6.45) is -3.01. The highest BCUT2D eigenvalue weighted by Crippen LogP contribution is 2.14. The third-order valence-corrected chi connectivity index (χ3v) is 2.87. The average Bonchev–Trinajstić information content (AvgIpc) is 2.55. The summed E-state index contributed by atoms with van der Waals surface area (Å²) < 4.78 is 45.7. The first kappa shape index (κ1) is 20.1. The second kappa shape index (κ2) is 11.6. The molecule has 136 valence electrons. The fourth-order valence-corrected chi connectivity index (χ4v) is 1.78. The molecule has 0 aliphatic carbocycles. The molecule has 5 nitrogen and oxygen atoms in total. The largest absolute Gasteiger partial charge is 0.494 e. The Bertz CT molecular complexity index is 467. The zero-order valence-corrected chi connectivity index (χ0v) is 13.7. The molecule has 0 saturated carbocycles. The first-order chi connectivity index (χ1) is 11.5. The Kier molecular flexibility index (Phi) is 9.67. The number of hydrogen-bond acceptors (Lipinski definition) is 3. The zero-order valence-electron chi connectivity index (χ0n) is 13.7. The van der Waals surface area contributed by atoms with Crippen LogP contribution in [-0.4, -0.2) is 52.1 Å². The Morgan fingerprint density at radius 3 is 2.25 bits per heavy atom. The second-order valence-corrected chi connectivity index (χ2v) is 4.96. The number of nitrogens with zero attached hydrogens (tertiary/aromatic N) is 1. The molecule has 0 aliphatic heterocycles.